The Hall–Kier alpha value is -0.870. The van der Waals surface area contributed by atoms with Gasteiger partial charge in [-0.1, -0.05) is 6.42 Å². The van der Waals surface area contributed by atoms with Crippen molar-refractivity contribution in [3.63, 3.8) is 0 Å². The van der Waals surface area contributed by atoms with Crippen LogP contribution >= 0.6 is 0 Å². The molecule has 2 saturated carbocycles. The molecule has 3 rings (SSSR count). The molecule has 2 aliphatic carbocycles. The third kappa shape index (κ3) is 3.41. The van der Waals surface area contributed by atoms with Gasteiger partial charge >= 0.3 is 0 Å². The maximum atomic E-state index is 5.98. The minimum absolute atomic E-state index is 0.408. The van der Waals surface area contributed by atoms with E-state index in [0.29, 0.717) is 12.1 Å². The Kier molecular flexibility index (Phi) is 4.73. The van der Waals surface area contributed by atoms with E-state index in [0.717, 1.165) is 51.2 Å². The Morgan fingerprint density at radius 3 is 2.70 bits per heavy atom. The lowest BCUT2D eigenvalue weighted by Gasteiger charge is -2.27. The molecule has 0 spiro atoms. The first-order valence-corrected chi connectivity index (χ1v) is 8.20. The van der Waals surface area contributed by atoms with Gasteiger partial charge in [0.2, 0.25) is 0 Å². The van der Waals surface area contributed by atoms with Crippen LogP contribution in [-0.4, -0.2) is 28.3 Å². The fourth-order valence-corrected chi connectivity index (χ4v) is 3.30. The Balaban J connectivity index is 1.36. The number of nitrogens with two attached hydrogens (primary N) is 1. The fourth-order valence-electron chi connectivity index (χ4n) is 3.30. The highest BCUT2D eigenvalue weighted by Gasteiger charge is 2.22. The molecule has 0 saturated heterocycles. The molecule has 0 amide bonds. The molecule has 0 radical (unpaired) electrons. The van der Waals surface area contributed by atoms with E-state index in [-0.39, 0.29) is 0 Å². The summed E-state index contributed by atoms with van der Waals surface area (Å²) in [5.74, 6) is 0.762. The maximum Gasteiger partial charge on any atom is 0.0948 e. The molecule has 112 valence electrons. The van der Waals surface area contributed by atoms with Crippen molar-refractivity contribution in [3.8, 4) is 0 Å². The minimum Gasteiger partial charge on any atom is -0.378 e. The molecule has 1 heterocycles. The van der Waals surface area contributed by atoms with Crippen LogP contribution in [0.25, 0.3) is 0 Å². The predicted octanol–water partition coefficient (Wildman–Crippen LogP) is 2.83. The topological polar surface area (TPSA) is 53.1 Å². The summed E-state index contributed by atoms with van der Waals surface area (Å²) in [5.41, 5.74) is 7.34. The lowest BCUT2D eigenvalue weighted by Crippen LogP contribution is -2.30. The van der Waals surface area contributed by atoms with Crippen molar-refractivity contribution in [2.24, 2.45) is 5.73 Å². The molecule has 4 heteroatoms. The van der Waals surface area contributed by atoms with E-state index in [4.69, 9.17) is 10.5 Å². The Morgan fingerprint density at radius 2 is 2.00 bits per heavy atom. The van der Waals surface area contributed by atoms with Gasteiger partial charge in [-0.3, -0.25) is 0 Å². The molecule has 20 heavy (non-hydrogen) atoms. The number of aryl methyl sites for hydroxylation is 1. The van der Waals surface area contributed by atoms with Crippen molar-refractivity contribution in [1.29, 1.82) is 0 Å². The summed E-state index contributed by atoms with van der Waals surface area (Å²) >= 11 is 0. The summed E-state index contributed by atoms with van der Waals surface area (Å²) < 4.78 is 8.30. The van der Waals surface area contributed by atoms with Crippen molar-refractivity contribution in [2.75, 3.05) is 6.61 Å². The maximum absolute atomic E-state index is 5.98. The zero-order valence-corrected chi connectivity index (χ0v) is 12.3. The molecular weight excluding hydrogens is 250 g/mol. The normalized spacial score (nSPS) is 27.4. The van der Waals surface area contributed by atoms with E-state index >= 15 is 0 Å². The zero-order chi connectivity index (χ0) is 13.8. The highest BCUT2D eigenvalue weighted by atomic mass is 16.5. The van der Waals surface area contributed by atoms with Crippen LogP contribution in [0.2, 0.25) is 0 Å². The molecular formula is C16H27N3O. The number of ether oxygens (including phenoxy) is 1. The van der Waals surface area contributed by atoms with Crippen LogP contribution in [0.1, 0.15) is 63.0 Å². The van der Waals surface area contributed by atoms with Crippen LogP contribution in [0.3, 0.4) is 0 Å². The van der Waals surface area contributed by atoms with E-state index in [2.05, 4.69) is 9.55 Å². The molecule has 2 fully saturated rings. The van der Waals surface area contributed by atoms with Gasteiger partial charge in [0.1, 0.15) is 0 Å². The van der Waals surface area contributed by atoms with Gasteiger partial charge in [0.15, 0.2) is 0 Å². The number of aromatic nitrogens is 2. The second-order valence-electron chi connectivity index (χ2n) is 6.40. The number of imidazole rings is 1. The first-order valence-electron chi connectivity index (χ1n) is 8.20. The number of nitrogens with zero attached hydrogens (tertiary/aromatic N) is 2. The largest absolute Gasteiger partial charge is 0.378 e. The summed E-state index contributed by atoms with van der Waals surface area (Å²) in [6, 6.07) is 0.408. The fraction of sp³-hybridized carbons (Fsp3) is 0.812. The Bertz CT molecular complexity index is 406. The standard InChI is InChI=1S/C16H27N3O/c17-14-5-7-15(8-6-14)20-10-2-9-19-12-18-11-16(19)13-3-1-4-13/h11-15H,1-10,17H2. The van der Waals surface area contributed by atoms with Crippen LogP contribution in [0.4, 0.5) is 0 Å². The van der Waals surface area contributed by atoms with Gasteiger partial charge in [0.05, 0.1) is 12.4 Å². The molecule has 1 aromatic heterocycles. The molecule has 0 aromatic carbocycles. The average Bonchev–Trinajstić information content (AvgIpc) is 2.83. The second-order valence-corrected chi connectivity index (χ2v) is 6.40. The first-order chi connectivity index (χ1) is 9.83. The van der Waals surface area contributed by atoms with Gasteiger partial charge in [-0.05, 0) is 44.9 Å². The first kappa shape index (κ1) is 14.1. The quantitative estimate of drug-likeness (QED) is 0.813. The van der Waals surface area contributed by atoms with Crippen molar-refractivity contribution >= 4 is 0 Å². The molecule has 2 N–H and O–H groups in total. The summed E-state index contributed by atoms with van der Waals surface area (Å²) in [6.07, 6.45) is 14.1. The van der Waals surface area contributed by atoms with Crippen molar-refractivity contribution in [1.82, 2.24) is 9.55 Å². The predicted molar refractivity (Wildman–Crippen MR) is 79.6 cm³/mol. The highest BCUT2D eigenvalue weighted by molar-refractivity contribution is 5.09. The van der Waals surface area contributed by atoms with Crippen LogP contribution < -0.4 is 5.73 Å². The summed E-state index contributed by atoms with van der Waals surface area (Å²) in [5, 5.41) is 0. The SMILES string of the molecule is NC1CCC(OCCCn2cncc2C2CCC2)CC1. The molecule has 0 unspecified atom stereocenters. The number of rotatable bonds is 6. The van der Waals surface area contributed by atoms with Gasteiger partial charge in [0, 0.05) is 37.0 Å². The molecule has 0 aliphatic heterocycles. The number of hydrogen-bond acceptors (Lipinski definition) is 3. The van der Waals surface area contributed by atoms with E-state index in [9.17, 15) is 0 Å². The third-order valence-corrected chi connectivity index (χ3v) is 4.88. The molecule has 4 nitrogen and oxygen atoms in total. The minimum atomic E-state index is 0.408. The molecule has 1 aromatic rings. The number of hydrogen-bond donors (Lipinski definition) is 1. The van der Waals surface area contributed by atoms with Gasteiger partial charge in [-0.25, -0.2) is 4.98 Å². The van der Waals surface area contributed by atoms with Crippen LogP contribution in [0.15, 0.2) is 12.5 Å². The Labute approximate surface area is 121 Å². The smallest absolute Gasteiger partial charge is 0.0948 e. The van der Waals surface area contributed by atoms with Gasteiger partial charge in [-0.15, -0.1) is 0 Å². The Morgan fingerprint density at radius 1 is 1.20 bits per heavy atom. The van der Waals surface area contributed by atoms with Gasteiger partial charge in [0.25, 0.3) is 0 Å². The average molecular weight is 277 g/mol. The van der Waals surface area contributed by atoms with E-state index in [1.165, 1.54) is 25.0 Å². The lowest BCUT2D eigenvalue weighted by atomic mass is 9.83. The van der Waals surface area contributed by atoms with E-state index in [1.54, 1.807) is 0 Å². The summed E-state index contributed by atoms with van der Waals surface area (Å²) in [4.78, 5) is 4.31. The van der Waals surface area contributed by atoms with Crippen molar-refractivity contribution in [3.05, 3.63) is 18.2 Å². The lowest BCUT2D eigenvalue weighted by molar-refractivity contribution is 0.0224. The van der Waals surface area contributed by atoms with E-state index in [1.807, 2.05) is 12.5 Å². The van der Waals surface area contributed by atoms with Crippen LogP contribution in [0, 0.1) is 0 Å². The van der Waals surface area contributed by atoms with Gasteiger partial charge < -0.3 is 15.0 Å². The third-order valence-electron chi connectivity index (χ3n) is 4.88. The zero-order valence-electron chi connectivity index (χ0n) is 12.3. The highest BCUT2D eigenvalue weighted by Crippen LogP contribution is 2.36. The van der Waals surface area contributed by atoms with Crippen molar-refractivity contribution < 1.29 is 4.74 Å². The van der Waals surface area contributed by atoms with E-state index < -0.39 is 0 Å². The second kappa shape index (κ2) is 6.72. The van der Waals surface area contributed by atoms with Crippen molar-refractivity contribution in [2.45, 2.75) is 76.0 Å². The monoisotopic (exact) mass is 277 g/mol. The van der Waals surface area contributed by atoms with Crippen LogP contribution in [-0.2, 0) is 11.3 Å². The molecule has 2 aliphatic rings. The summed E-state index contributed by atoms with van der Waals surface area (Å²) in [7, 11) is 0. The molecule has 0 atom stereocenters. The molecule has 0 bridgehead atoms. The van der Waals surface area contributed by atoms with Gasteiger partial charge in [-0.2, -0.15) is 0 Å². The summed E-state index contributed by atoms with van der Waals surface area (Å²) in [6.45, 7) is 1.90. The van der Waals surface area contributed by atoms with Crippen LogP contribution in [0.5, 0.6) is 0 Å².